The molecule has 1 heterocycles. The number of nitrogens with zero attached hydrogens (tertiary/aromatic N) is 1. The van der Waals surface area contributed by atoms with Crippen LogP contribution in [0, 0.1) is 0 Å². The number of thiophene rings is 1. The fourth-order valence-electron chi connectivity index (χ4n) is 1.90. The number of rotatable bonds is 6. The molecule has 1 atom stereocenters. The zero-order valence-electron chi connectivity index (χ0n) is 11.8. The highest BCUT2D eigenvalue weighted by molar-refractivity contribution is 9.10. The Morgan fingerprint density at radius 3 is 2.43 bits per heavy atom. The summed E-state index contributed by atoms with van der Waals surface area (Å²) < 4.78 is 28.1. The second-order valence-electron chi connectivity index (χ2n) is 4.80. The second kappa shape index (κ2) is 7.02. The van der Waals surface area contributed by atoms with Crippen LogP contribution >= 0.6 is 27.3 Å². The van der Waals surface area contributed by atoms with Gasteiger partial charge >= 0.3 is 0 Å². The van der Waals surface area contributed by atoms with E-state index in [0.717, 1.165) is 9.35 Å². The van der Waals surface area contributed by atoms with Crippen LogP contribution in [-0.2, 0) is 10.0 Å². The molecular weight excluding hydrogens is 372 g/mol. The number of likely N-dealkylation sites (N-methyl/N-ethyl adjacent to an activating group) is 1. The molecule has 0 aliphatic heterocycles. The van der Waals surface area contributed by atoms with Crippen LogP contribution in [0.1, 0.15) is 10.9 Å². The number of hydrogen-bond acceptors (Lipinski definition) is 4. The Labute approximate surface area is 138 Å². The fourth-order valence-corrected chi connectivity index (χ4v) is 4.13. The molecule has 2 aromatic rings. The van der Waals surface area contributed by atoms with E-state index in [4.69, 9.17) is 0 Å². The lowest BCUT2D eigenvalue weighted by Gasteiger charge is -2.23. The molecule has 114 valence electrons. The van der Waals surface area contributed by atoms with Gasteiger partial charge in [-0.05, 0) is 49.8 Å². The van der Waals surface area contributed by atoms with Gasteiger partial charge in [0.2, 0.25) is 10.0 Å². The lowest BCUT2D eigenvalue weighted by Crippen LogP contribution is -2.34. The number of nitrogens with one attached hydrogen (secondary N) is 1. The molecule has 0 amide bonds. The molecule has 0 radical (unpaired) electrons. The first-order valence-corrected chi connectivity index (χ1v) is 9.51. The van der Waals surface area contributed by atoms with Crippen molar-refractivity contribution >= 4 is 37.3 Å². The van der Waals surface area contributed by atoms with Crippen LogP contribution in [-0.4, -0.2) is 34.0 Å². The Bertz CT molecular complexity index is 668. The molecule has 0 saturated heterocycles. The Morgan fingerprint density at radius 1 is 1.24 bits per heavy atom. The summed E-state index contributed by atoms with van der Waals surface area (Å²) in [5.41, 5.74) is 0. The second-order valence-corrected chi connectivity index (χ2v) is 8.46. The Morgan fingerprint density at radius 2 is 1.90 bits per heavy atom. The maximum atomic E-state index is 12.3. The minimum atomic E-state index is -3.49. The van der Waals surface area contributed by atoms with E-state index < -0.39 is 10.0 Å². The lowest BCUT2D eigenvalue weighted by molar-refractivity contribution is 0.303. The van der Waals surface area contributed by atoms with E-state index in [9.17, 15) is 8.42 Å². The van der Waals surface area contributed by atoms with E-state index in [2.05, 4.69) is 20.7 Å². The molecule has 0 aliphatic rings. The molecule has 0 aliphatic carbocycles. The third kappa shape index (κ3) is 4.37. The van der Waals surface area contributed by atoms with Gasteiger partial charge in [-0.15, -0.1) is 11.3 Å². The van der Waals surface area contributed by atoms with Crippen LogP contribution in [0.15, 0.2) is 51.1 Å². The van der Waals surface area contributed by atoms with Gasteiger partial charge in [-0.25, -0.2) is 13.1 Å². The maximum Gasteiger partial charge on any atom is 0.240 e. The van der Waals surface area contributed by atoms with Crippen LogP contribution in [0.2, 0.25) is 0 Å². The first-order chi connectivity index (χ1) is 9.90. The minimum Gasteiger partial charge on any atom is -0.300 e. The molecule has 21 heavy (non-hydrogen) atoms. The van der Waals surface area contributed by atoms with E-state index in [-0.39, 0.29) is 10.9 Å². The number of sulfonamides is 1. The Hall–Kier alpha value is -0.730. The summed E-state index contributed by atoms with van der Waals surface area (Å²) in [5, 5.41) is 2.00. The van der Waals surface area contributed by atoms with Gasteiger partial charge in [0, 0.05) is 15.9 Å². The first-order valence-electron chi connectivity index (χ1n) is 6.35. The summed E-state index contributed by atoms with van der Waals surface area (Å²) in [6.07, 6.45) is 0. The summed E-state index contributed by atoms with van der Waals surface area (Å²) in [5.74, 6) is 0. The van der Waals surface area contributed by atoms with Gasteiger partial charge in [0.15, 0.2) is 0 Å². The summed E-state index contributed by atoms with van der Waals surface area (Å²) in [4.78, 5) is 3.42. The van der Waals surface area contributed by atoms with Gasteiger partial charge in [0.1, 0.15) is 0 Å². The van der Waals surface area contributed by atoms with Crippen LogP contribution in [0.25, 0.3) is 0 Å². The van der Waals surface area contributed by atoms with Crippen LogP contribution in [0.5, 0.6) is 0 Å². The zero-order valence-corrected chi connectivity index (χ0v) is 15.0. The Balaban J connectivity index is 2.11. The van der Waals surface area contributed by atoms with Crippen molar-refractivity contribution in [3.63, 3.8) is 0 Å². The van der Waals surface area contributed by atoms with E-state index >= 15 is 0 Å². The largest absolute Gasteiger partial charge is 0.300 e. The predicted molar refractivity (Wildman–Crippen MR) is 90.1 cm³/mol. The predicted octanol–water partition coefficient (Wildman–Crippen LogP) is 3.09. The zero-order chi connectivity index (χ0) is 15.5. The molecule has 4 nitrogen and oxygen atoms in total. The van der Waals surface area contributed by atoms with Crippen molar-refractivity contribution in [2.75, 3.05) is 20.6 Å². The monoisotopic (exact) mass is 388 g/mol. The number of halogens is 1. The standard InChI is InChI=1S/C14H17BrN2O2S2/c1-17(2)13(14-4-3-9-20-14)10-16-21(18,19)12-7-5-11(15)6-8-12/h3-9,13,16H,10H2,1-2H3. The van der Waals surface area contributed by atoms with Crippen molar-refractivity contribution < 1.29 is 8.42 Å². The van der Waals surface area contributed by atoms with E-state index in [1.165, 1.54) is 0 Å². The van der Waals surface area contributed by atoms with Gasteiger partial charge in [-0.1, -0.05) is 22.0 Å². The highest BCUT2D eigenvalue weighted by Crippen LogP contribution is 2.23. The number of hydrogen-bond donors (Lipinski definition) is 1. The summed E-state index contributed by atoms with van der Waals surface area (Å²) in [6.45, 7) is 0.339. The normalized spacial score (nSPS) is 13.5. The van der Waals surface area contributed by atoms with Crippen molar-refractivity contribution in [2.24, 2.45) is 0 Å². The van der Waals surface area contributed by atoms with Crippen molar-refractivity contribution in [3.05, 3.63) is 51.1 Å². The van der Waals surface area contributed by atoms with Crippen molar-refractivity contribution in [1.29, 1.82) is 0 Å². The molecule has 7 heteroatoms. The molecule has 1 aromatic heterocycles. The average molecular weight is 389 g/mol. The van der Waals surface area contributed by atoms with Crippen molar-refractivity contribution in [1.82, 2.24) is 9.62 Å². The van der Waals surface area contributed by atoms with Crippen LogP contribution in [0.3, 0.4) is 0 Å². The molecule has 1 unspecified atom stereocenters. The minimum absolute atomic E-state index is 0.0234. The third-order valence-corrected chi connectivity index (χ3v) is 6.03. The molecule has 2 rings (SSSR count). The van der Waals surface area contributed by atoms with Crippen LogP contribution < -0.4 is 4.72 Å². The first kappa shape index (κ1) is 16.6. The molecule has 0 fully saturated rings. The smallest absolute Gasteiger partial charge is 0.240 e. The molecule has 0 bridgehead atoms. The summed E-state index contributed by atoms with van der Waals surface area (Å²) >= 11 is 4.92. The molecule has 0 spiro atoms. The highest BCUT2D eigenvalue weighted by atomic mass is 79.9. The van der Waals surface area contributed by atoms with E-state index in [0.29, 0.717) is 6.54 Å². The molecule has 0 saturated carbocycles. The SMILES string of the molecule is CN(C)C(CNS(=O)(=O)c1ccc(Br)cc1)c1cccs1. The van der Waals surface area contributed by atoms with E-state index in [1.54, 1.807) is 35.6 Å². The molecular formula is C14H17BrN2O2S2. The highest BCUT2D eigenvalue weighted by Gasteiger charge is 2.20. The molecule has 1 N–H and O–H groups in total. The quantitative estimate of drug-likeness (QED) is 0.826. The topological polar surface area (TPSA) is 49.4 Å². The number of benzene rings is 1. The van der Waals surface area contributed by atoms with Gasteiger partial charge < -0.3 is 4.90 Å². The van der Waals surface area contributed by atoms with Gasteiger partial charge in [-0.2, -0.15) is 0 Å². The van der Waals surface area contributed by atoms with E-state index in [1.807, 2.05) is 36.5 Å². The van der Waals surface area contributed by atoms with Gasteiger partial charge in [0.25, 0.3) is 0 Å². The lowest BCUT2D eigenvalue weighted by atomic mass is 10.2. The van der Waals surface area contributed by atoms with Gasteiger partial charge in [-0.3, -0.25) is 0 Å². The van der Waals surface area contributed by atoms with Gasteiger partial charge in [0.05, 0.1) is 10.9 Å². The van der Waals surface area contributed by atoms with Crippen molar-refractivity contribution in [3.8, 4) is 0 Å². The summed E-state index contributed by atoms with van der Waals surface area (Å²) in [7, 11) is 0.396. The maximum absolute atomic E-state index is 12.3. The van der Waals surface area contributed by atoms with Crippen molar-refractivity contribution in [2.45, 2.75) is 10.9 Å². The average Bonchev–Trinajstić information content (AvgIpc) is 2.93. The molecule has 1 aromatic carbocycles. The Kier molecular flexibility index (Phi) is 5.56. The van der Waals surface area contributed by atoms with Crippen LogP contribution in [0.4, 0.5) is 0 Å². The summed E-state index contributed by atoms with van der Waals surface area (Å²) in [6, 6.07) is 10.6. The third-order valence-electron chi connectivity index (χ3n) is 3.09. The fraction of sp³-hybridized carbons (Fsp3) is 0.286.